The van der Waals surface area contributed by atoms with E-state index in [9.17, 15) is 0 Å². The van der Waals surface area contributed by atoms with Gasteiger partial charge in [0.2, 0.25) is 10.3 Å². The van der Waals surface area contributed by atoms with E-state index in [0.717, 1.165) is 47.8 Å². The fourth-order valence-corrected chi connectivity index (χ4v) is 4.23. The maximum atomic E-state index is 5.38. The molecule has 154 valence electrons. The Morgan fingerprint density at radius 3 is 2.52 bits per heavy atom. The largest absolute Gasteiger partial charge is 0.493 e. The van der Waals surface area contributed by atoms with Crippen molar-refractivity contribution in [2.45, 2.75) is 6.54 Å². The average molecular weight is 415 g/mol. The number of anilines is 2. The molecule has 3 aromatic rings. The number of hydrogen-bond donors (Lipinski definition) is 1. The number of aromatic nitrogens is 3. The number of nitrogens with one attached hydrogen (secondary N) is 1. The van der Waals surface area contributed by atoms with Crippen molar-refractivity contribution in [2.75, 3.05) is 57.7 Å². The van der Waals surface area contributed by atoms with E-state index in [4.69, 9.17) is 9.47 Å². The summed E-state index contributed by atoms with van der Waals surface area (Å²) in [5, 5.41) is 14.2. The molecule has 2 aromatic heterocycles. The van der Waals surface area contributed by atoms with Crippen molar-refractivity contribution in [3.63, 3.8) is 0 Å². The van der Waals surface area contributed by atoms with Crippen molar-refractivity contribution >= 4 is 22.2 Å². The van der Waals surface area contributed by atoms with Crippen LogP contribution in [0.1, 0.15) is 5.69 Å². The van der Waals surface area contributed by atoms with Crippen LogP contribution in [0, 0.1) is 0 Å². The van der Waals surface area contributed by atoms with Gasteiger partial charge in [-0.25, -0.2) is 0 Å². The first-order chi connectivity index (χ1) is 14.2. The first kappa shape index (κ1) is 19.5. The van der Waals surface area contributed by atoms with Gasteiger partial charge >= 0.3 is 0 Å². The highest BCUT2D eigenvalue weighted by atomic mass is 32.1. The lowest BCUT2D eigenvalue weighted by Gasteiger charge is -2.31. The van der Waals surface area contributed by atoms with Gasteiger partial charge in [-0.3, -0.25) is 4.57 Å². The molecule has 0 amide bonds. The molecule has 1 aromatic carbocycles. The van der Waals surface area contributed by atoms with Gasteiger partial charge in [0.15, 0.2) is 11.5 Å². The maximum Gasteiger partial charge on any atom is 0.218 e. The summed E-state index contributed by atoms with van der Waals surface area (Å²) in [6, 6.07) is 9.92. The molecular weight excluding hydrogens is 388 g/mol. The number of rotatable bonds is 7. The third-order valence-electron chi connectivity index (χ3n) is 5.07. The van der Waals surface area contributed by atoms with Crippen molar-refractivity contribution < 1.29 is 9.47 Å². The fourth-order valence-electron chi connectivity index (χ4n) is 3.32. The SMILES string of the molecule is COc1ccc(NCc2cccn2-c2nnc(N3CCN(C)CC3)s2)cc1OC. The number of methoxy groups -OCH3 is 2. The third kappa shape index (κ3) is 4.30. The molecule has 0 aliphatic carbocycles. The maximum absolute atomic E-state index is 5.38. The van der Waals surface area contributed by atoms with Gasteiger partial charge in [-0.2, -0.15) is 0 Å². The molecule has 1 aliphatic rings. The van der Waals surface area contributed by atoms with Crippen molar-refractivity contribution in [2.24, 2.45) is 0 Å². The molecule has 0 unspecified atom stereocenters. The van der Waals surface area contributed by atoms with Crippen LogP contribution in [0.5, 0.6) is 11.5 Å². The minimum absolute atomic E-state index is 0.659. The van der Waals surface area contributed by atoms with Gasteiger partial charge in [0.1, 0.15) is 0 Å². The summed E-state index contributed by atoms with van der Waals surface area (Å²) in [6.45, 7) is 4.75. The Balaban J connectivity index is 1.45. The second-order valence-corrected chi connectivity index (χ2v) is 7.88. The van der Waals surface area contributed by atoms with Crippen LogP contribution < -0.4 is 19.7 Å². The molecule has 8 nitrogen and oxygen atoms in total. The minimum atomic E-state index is 0.659. The van der Waals surface area contributed by atoms with Gasteiger partial charge < -0.3 is 24.6 Å². The summed E-state index contributed by atoms with van der Waals surface area (Å²) in [5.41, 5.74) is 2.08. The molecule has 0 saturated carbocycles. The van der Waals surface area contributed by atoms with Crippen LogP contribution in [0.15, 0.2) is 36.5 Å². The topological polar surface area (TPSA) is 67.7 Å². The Morgan fingerprint density at radius 2 is 1.76 bits per heavy atom. The number of likely N-dealkylation sites (N-methyl/N-ethyl adjacent to an activating group) is 1. The van der Waals surface area contributed by atoms with E-state index < -0.39 is 0 Å². The Bertz CT molecular complexity index is 948. The van der Waals surface area contributed by atoms with E-state index in [-0.39, 0.29) is 0 Å². The van der Waals surface area contributed by atoms with E-state index in [1.807, 2.05) is 30.5 Å². The molecule has 4 rings (SSSR count). The number of nitrogens with zero attached hydrogens (tertiary/aromatic N) is 5. The molecule has 1 aliphatic heterocycles. The van der Waals surface area contributed by atoms with Gasteiger partial charge in [0.05, 0.1) is 20.8 Å². The summed E-state index contributed by atoms with van der Waals surface area (Å²) >= 11 is 1.63. The Labute approximate surface area is 174 Å². The van der Waals surface area contributed by atoms with Crippen LogP contribution in [-0.4, -0.2) is 67.1 Å². The highest BCUT2D eigenvalue weighted by molar-refractivity contribution is 7.17. The quantitative estimate of drug-likeness (QED) is 0.638. The molecule has 29 heavy (non-hydrogen) atoms. The van der Waals surface area contributed by atoms with Crippen LogP contribution >= 0.6 is 11.3 Å². The standard InChI is InChI=1S/C20H26N6O2S/c1-24-9-11-25(12-10-24)19-22-23-20(29-19)26-8-4-5-16(26)14-21-15-6-7-17(27-2)18(13-15)28-3/h4-8,13,21H,9-12,14H2,1-3H3. The van der Waals surface area contributed by atoms with Gasteiger partial charge in [0.25, 0.3) is 0 Å². The van der Waals surface area contributed by atoms with Gasteiger partial charge in [-0.15, -0.1) is 10.2 Å². The summed E-state index contributed by atoms with van der Waals surface area (Å²) in [7, 11) is 5.43. The number of ether oxygens (including phenoxy) is 2. The molecule has 0 spiro atoms. The van der Waals surface area contributed by atoms with Crippen LogP contribution in [0.4, 0.5) is 10.8 Å². The first-order valence-corrected chi connectivity index (χ1v) is 10.4. The zero-order valence-corrected chi connectivity index (χ0v) is 17.8. The number of hydrogen-bond acceptors (Lipinski definition) is 8. The summed E-state index contributed by atoms with van der Waals surface area (Å²) in [5.74, 6) is 1.42. The van der Waals surface area contributed by atoms with Crippen molar-refractivity contribution in [1.82, 2.24) is 19.7 Å². The van der Waals surface area contributed by atoms with E-state index >= 15 is 0 Å². The Hall–Kier alpha value is -2.78. The monoisotopic (exact) mass is 414 g/mol. The summed E-state index contributed by atoms with van der Waals surface area (Å²) in [4.78, 5) is 4.65. The zero-order valence-electron chi connectivity index (χ0n) is 17.0. The Morgan fingerprint density at radius 1 is 1.00 bits per heavy atom. The summed E-state index contributed by atoms with van der Waals surface area (Å²) < 4.78 is 12.8. The van der Waals surface area contributed by atoms with Crippen molar-refractivity contribution in [3.05, 3.63) is 42.2 Å². The van der Waals surface area contributed by atoms with Gasteiger partial charge in [-0.1, -0.05) is 11.3 Å². The van der Waals surface area contributed by atoms with Gasteiger partial charge in [-0.05, 0) is 31.3 Å². The van der Waals surface area contributed by atoms with Crippen LogP contribution in [0.2, 0.25) is 0 Å². The fraction of sp³-hybridized carbons (Fsp3) is 0.400. The molecular formula is C20H26N6O2S. The molecule has 0 radical (unpaired) electrons. The summed E-state index contributed by atoms with van der Waals surface area (Å²) in [6.07, 6.45) is 2.03. The lowest BCUT2D eigenvalue weighted by atomic mass is 10.2. The van der Waals surface area contributed by atoms with Crippen molar-refractivity contribution in [1.29, 1.82) is 0 Å². The number of piperazine rings is 1. The lowest BCUT2D eigenvalue weighted by Crippen LogP contribution is -2.44. The van der Waals surface area contributed by atoms with E-state index in [2.05, 4.69) is 43.0 Å². The lowest BCUT2D eigenvalue weighted by molar-refractivity contribution is 0.312. The molecule has 9 heteroatoms. The molecule has 0 atom stereocenters. The predicted molar refractivity (Wildman–Crippen MR) is 116 cm³/mol. The molecule has 0 bridgehead atoms. The Kier molecular flexibility index (Phi) is 5.86. The number of benzene rings is 1. The molecule has 1 N–H and O–H groups in total. The van der Waals surface area contributed by atoms with Crippen molar-refractivity contribution in [3.8, 4) is 16.6 Å². The second kappa shape index (κ2) is 8.71. The third-order valence-corrected chi connectivity index (χ3v) is 6.06. The van der Waals surface area contributed by atoms with E-state index in [1.54, 1.807) is 25.6 Å². The predicted octanol–water partition coefficient (Wildman–Crippen LogP) is 2.71. The van der Waals surface area contributed by atoms with Gasteiger partial charge in [0, 0.05) is 49.8 Å². The average Bonchev–Trinajstić information content (AvgIpc) is 3.42. The van der Waals surface area contributed by atoms with Crippen LogP contribution in [-0.2, 0) is 6.54 Å². The first-order valence-electron chi connectivity index (χ1n) is 9.57. The molecule has 1 saturated heterocycles. The van der Waals surface area contributed by atoms with E-state index in [1.165, 1.54) is 0 Å². The molecule has 1 fully saturated rings. The highest BCUT2D eigenvalue weighted by Gasteiger charge is 2.19. The minimum Gasteiger partial charge on any atom is -0.493 e. The van der Waals surface area contributed by atoms with E-state index in [0.29, 0.717) is 18.0 Å². The normalized spacial score (nSPS) is 14.8. The van der Waals surface area contributed by atoms with Crippen LogP contribution in [0.25, 0.3) is 5.13 Å². The van der Waals surface area contributed by atoms with Crippen LogP contribution in [0.3, 0.4) is 0 Å². The zero-order chi connectivity index (χ0) is 20.2. The smallest absolute Gasteiger partial charge is 0.218 e. The highest BCUT2D eigenvalue weighted by Crippen LogP contribution is 2.30. The molecule has 3 heterocycles. The second-order valence-electron chi connectivity index (χ2n) is 6.95.